The third-order valence-electron chi connectivity index (χ3n) is 3.56. The second-order valence-electron chi connectivity index (χ2n) is 5.08. The summed E-state index contributed by atoms with van der Waals surface area (Å²) in [5.74, 6) is 1.20. The minimum atomic E-state index is -3.36. The number of H-pyrrole nitrogens is 1. The molecule has 0 amide bonds. The number of aliphatic hydroxyl groups is 1. The minimum absolute atomic E-state index is 0.144. The number of nitrogens with one attached hydrogen (secondary N) is 1. The Morgan fingerprint density at radius 1 is 1.43 bits per heavy atom. The highest BCUT2D eigenvalue weighted by Crippen LogP contribution is 2.48. The van der Waals surface area contributed by atoms with Gasteiger partial charge in [-0.15, -0.1) is 0 Å². The van der Waals surface area contributed by atoms with Crippen LogP contribution in [0.2, 0.25) is 0 Å². The van der Waals surface area contributed by atoms with E-state index in [1.165, 1.54) is 36.9 Å². The molecule has 128 valence electrons. The fourth-order valence-corrected chi connectivity index (χ4v) is 2.98. The highest BCUT2D eigenvalue weighted by Gasteiger charge is 2.34. The van der Waals surface area contributed by atoms with Crippen molar-refractivity contribution in [1.29, 1.82) is 0 Å². The van der Waals surface area contributed by atoms with Crippen LogP contribution < -0.4 is 11.2 Å². The number of rotatable bonds is 5. The zero-order chi connectivity index (χ0) is 17.2. The van der Waals surface area contributed by atoms with Crippen LogP contribution in [0.25, 0.3) is 0 Å². The van der Waals surface area contributed by atoms with Crippen molar-refractivity contribution < 1.29 is 23.5 Å². The molecule has 23 heavy (non-hydrogen) atoms. The molecule has 0 aliphatic carbocycles. The van der Waals surface area contributed by atoms with Crippen LogP contribution in [0, 0.1) is 6.92 Å². The first-order valence-corrected chi connectivity index (χ1v) is 8.47. The van der Waals surface area contributed by atoms with Crippen molar-refractivity contribution in [3.05, 3.63) is 44.5 Å². The third kappa shape index (κ3) is 3.88. The molecule has 0 aromatic carbocycles. The summed E-state index contributed by atoms with van der Waals surface area (Å²) < 4.78 is 28.3. The lowest BCUT2D eigenvalue weighted by atomic mass is 10.2. The first-order valence-electron chi connectivity index (χ1n) is 6.86. The predicted octanol–water partition coefficient (Wildman–Crippen LogP) is 0.493. The molecule has 10 heteroatoms. The molecule has 9 nitrogen and oxygen atoms in total. The summed E-state index contributed by atoms with van der Waals surface area (Å²) in [5.41, 5.74) is -0.741. The maximum Gasteiger partial charge on any atom is 0.353 e. The largest absolute Gasteiger partial charge is 0.390 e. The Kier molecular flexibility index (Phi) is 5.38. The van der Waals surface area contributed by atoms with Crippen molar-refractivity contribution in [3.8, 4) is 0 Å². The average Bonchev–Trinajstić information content (AvgIpc) is 2.89. The second kappa shape index (κ2) is 6.94. The second-order valence-corrected chi connectivity index (χ2v) is 7.19. The van der Waals surface area contributed by atoms with Gasteiger partial charge in [0.15, 0.2) is 0 Å². The first kappa shape index (κ1) is 17.8. The van der Waals surface area contributed by atoms with Crippen LogP contribution >= 0.6 is 7.60 Å². The van der Waals surface area contributed by atoms with Crippen molar-refractivity contribution in [1.82, 2.24) is 9.55 Å². The lowest BCUT2D eigenvalue weighted by Gasteiger charge is -2.14. The molecule has 1 saturated heterocycles. The van der Waals surface area contributed by atoms with Gasteiger partial charge in [0.25, 0.3) is 5.56 Å². The van der Waals surface area contributed by atoms with Crippen LogP contribution in [-0.4, -0.2) is 41.1 Å². The van der Waals surface area contributed by atoms with E-state index in [0.717, 1.165) is 0 Å². The maximum atomic E-state index is 11.9. The van der Waals surface area contributed by atoms with Crippen LogP contribution in [0.1, 0.15) is 18.2 Å². The van der Waals surface area contributed by atoms with Gasteiger partial charge in [-0.05, 0) is 13.0 Å². The van der Waals surface area contributed by atoms with Crippen molar-refractivity contribution >= 4 is 7.60 Å². The quantitative estimate of drug-likeness (QED) is 0.745. The van der Waals surface area contributed by atoms with Gasteiger partial charge >= 0.3 is 13.3 Å². The number of aromatic nitrogens is 2. The van der Waals surface area contributed by atoms with Gasteiger partial charge in [-0.25, -0.2) is 4.79 Å². The molecule has 1 fully saturated rings. The molecule has 1 aromatic heterocycles. The zero-order valence-corrected chi connectivity index (χ0v) is 13.9. The molecular formula is C13H19N2O7P. The standard InChI is InChI=1S/C13H19N2O7P/c1-8-7-15(13(18)14-12(8)17)11-6-9(16)10(22-11)4-5-23(19,20-2)21-3/h4-5,7,9-11,16H,6H2,1-3H3,(H,14,17,18)/b5-4+/t9-,10-,11-/m1/s1. The summed E-state index contributed by atoms with van der Waals surface area (Å²) in [6.07, 6.45) is 0.467. The van der Waals surface area contributed by atoms with Crippen LogP contribution in [0.3, 0.4) is 0 Å². The molecule has 1 aliphatic heterocycles. The Balaban J connectivity index is 2.21. The normalized spacial score (nSPS) is 25.3. The maximum absolute atomic E-state index is 11.9. The Morgan fingerprint density at radius 3 is 2.70 bits per heavy atom. The van der Waals surface area contributed by atoms with Crippen molar-refractivity contribution in [2.75, 3.05) is 14.2 Å². The number of aliphatic hydroxyl groups excluding tert-OH is 1. The van der Waals surface area contributed by atoms with Crippen LogP contribution in [-0.2, 0) is 18.3 Å². The van der Waals surface area contributed by atoms with E-state index < -0.39 is 37.3 Å². The van der Waals surface area contributed by atoms with Gasteiger partial charge in [0.2, 0.25) is 0 Å². The smallest absolute Gasteiger partial charge is 0.353 e. The SMILES string of the molecule is COP(=O)(/C=C/[C@H]1O[C@@H](n2cc(C)c(=O)[nH]c2=O)C[C@H]1O)OC. The van der Waals surface area contributed by atoms with E-state index in [0.29, 0.717) is 5.56 Å². The van der Waals surface area contributed by atoms with Gasteiger partial charge in [-0.3, -0.25) is 18.9 Å². The van der Waals surface area contributed by atoms with Crippen molar-refractivity contribution in [3.63, 3.8) is 0 Å². The van der Waals surface area contributed by atoms with Crippen LogP contribution in [0.5, 0.6) is 0 Å². The molecule has 0 saturated carbocycles. The molecular weight excluding hydrogens is 327 g/mol. The summed E-state index contributed by atoms with van der Waals surface area (Å²) in [7, 11) is -0.879. The fourth-order valence-electron chi connectivity index (χ4n) is 2.21. The minimum Gasteiger partial charge on any atom is -0.390 e. The number of aromatic amines is 1. The molecule has 3 atom stereocenters. The van der Waals surface area contributed by atoms with Crippen molar-refractivity contribution in [2.24, 2.45) is 0 Å². The van der Waals surface area contributed by atoms with Gasteiger partial charge in [0, 0.05) is 38.2 Å². The van der Waals surface area contributed by atoms with Gasteiger partial charge in [0.1, 0.15) is 12.3 Å². The van der Waals surface area contributed by atoms with Crippen molar-refractivity contribution in [2.45, 2.75) is 31.8 Å². The first-order chi connectivity index (χ1) is 10.8. The van der Waals surface area contributed by atoms with E-state index in [1.54, 1.807) is 6.92 Å². The highest BCUT2D eigenvalue weighted by molar-refractivity contribution is 7.57. The van der Waals surface area contributed by atoms with Gasteiger partial charge in [-0.2, -0.15) is 0 Å². The number of ether oxygens (including phenoxy) is 1. The third-order valence-corrected chi connectivity index (χ3v) is 5.12. The van der Waals surface area contributed by atoms with Crippen LogP contribution in [0.15, 0.2) is 27.7 Å². The molecule has 1 aliphatic rings. The molecule has 0 radical (unpaired) electrons. The fraction of sp³-hybridized carbons (Fsp3) is 0.538. The zero-order valence-electron chi connectivity index (χ0n) is 13.0. The Bertz CT molecular complexity index is 745. The van der Waals surface area contributed by atoms with E-state index in [1.807, 2.05) is 0 Å². The van der Waals surface area contributed by atoms with Gasteiger partial charge in [0.05, 0.1) is 6.10 Å². The summed E-state index contributed by atoms with van der Waals surface area (Å²) in [5, 5.41) is 10.0. The molecule has 2 rings (SSSR count). The van der Waals surface area contributed by atoms with Crippen LogP contribution in [0.4, 0.5) is 0 Å². The monoisotopic (exact) mass is 346 g/mol. The lowest BCUT2D eigenvalue weighted by molar-refractivity contribution is 0.00474. The average molecular weight is 346 g/mol. The van der Waals surface area contributed by atoms with E-state index >= 15 is 0 Å². The number of hydrogen-bond donors (Lipinski definition) is 2. The van der Waals surface area contributed by atoms with Gasteiger partial charge in [-0.1, -0.05) is 0 Å². The summed E-state index contributed by atoms with van der Waals surface area (Å²) >= 11 is 0. The summed E-state index contributed by atoms with van der Waals surface area (Å²) in [6.45, 7) is 1.56. The Labute approximate surface area is 132 Å². The van der Waals surface area contributed by atoms with Gasteiger partial charge < -0.3 is 18.9 Å². The number of aryl methyl sites for hydroxylation is 1. The predicted molar refractivity (Wildman–Crippen MR) is 81.4 cm³/mol. The van der Waals surface area contributed by atoms with E-state index in [-0.39, 0.29) is 6.42 Å². The number of hydrogen-bond acceptors (Lipinski definition) is 7. The summed E-state index contributed by atoms with van der Waals surface area (Å²) in [6, 6.07) is 0. The molecule has 2 heterocycles. The molecule has 2 N–H and O–H groups in total. The lowest BCUT2D eigenvalue weighted by Crippen LogP contribution is -2.33. The molecule has 0 spiro atoms. The molecule has 1 aromatic rings. The molecule has 0 bridgehead atoms. The van der Waals surface area contributed by atoms with E-state index in [2.05, 4.69) is 4.98 Å². The highest BCUT2D eigenvalue weighted by atomic mass is 31.2. The Hall–Kier alpha value is -1.51. The van der Waals surface area contributed by atoms with E-state index in [4.69, 9.17) is 13.8 Å². The van der Waals surface area contributed by atoms with E-state index in [9.17, 15) is 19.3 Å². The molecule has 0 unspecified atom stereocenters. The number of nitrogens with zero attached hydrogens (tertiary/aromatic N) is 1. The Morgan fingerprint density at radius 2 is 2.09 bits per heavy atom. The summed E-state index contributed by atoms with van der Waals surface area (Å²) in [4.78, 5) is 25.4. The topological polar surface area (TPSA) is 120 Å².